The lowest BCUT2D eigenvalue weighted by Crippen LogP contribution is -2.22. The van der Waals surface area contributed by atoms with Gasteiger partial charge >= 0.3 is 0 Å². The van der Waals surface area contributed by atoms with Gasteiger partial charge in [0.15, 0.2) is 0 Å². The second-order valence-corrected chi connectivity index (χ2v) is 4.76. The molecule has 0 aromatic heterocycles. The van der Waals surface area contributed by atoms with E-state index in [9.17, 15) is 4.79 Å². The van der Waals surface area contributed by atoms with Crippen molar-refractivity contribution in [3.05, 3.63) is 29.3 Å². The predicted octanol–water partition coefficient (Wildman–Crippen LogP) is 2.05. The molecule has 1 aromatic carbocycles. The monoisotopic (exact) mass is 232 g/mol. The van der Waals surface area contributed by atoms with Gasteiger partial charge in [-0.2, -0.15) is 0 Å². The van der Waals surface area contributed by atoms with Gasteiger partial charge in [0.2, 0.25) is 5.91 Å². The molecular formula is C14H20N2O. The Morgan fingerprint density at radius 3 is 2.82 bits per heavy atom. The van der Waals surface area contributed by atoms with Crippen molar-refractivity contribution in [1.29, 1.82) is 0 Å². The molecule has 0 saturated carbocycles. The van der Waals surface area contributed by atoms with Crippen LogP contribution in [-0.2, 0) is 11.2 Å². The number of carbonyl (C=O) groups excluding carboxylic acids is 1. The third-order valence-electron chi connectivity index (χ3n) is 3.54. The first-order valence-corrected chi connectivity index (χ1v) is 6.25. The molecule has 1 aliphatic heterocycles. The number of anilines is 1. The van der Waals surface area contributed by atoms with E-state index in [1.807, 2.05) is 14.0 Å². The Hall–Kier alpha value is -1.35. The maximum absolute atomic E-state index is 11.8. The van der Waals surface area contributed by atoms with Crippen LogP contribution in [0.1, 0.15) is 36.8 Å². The molecule has 17 heavy (non-hydrogen) atoms. The normalized spacial score (nSPS) is 18.6. The summed E-state index contributed by atoms with van der Waals surface area (Å²) in [4.78, 5) is 13.6. The first-order chi connectivity index (χ1) is 8.15. The van der Waals surface area contributed by atoms with Crippen molar-refractivity contribution >= 4 is 11.6 Å². The van der Waals surface area contributed by atoms with Crippen LogP contribution in [0, 0.1) is 0 Å². The molecule has 0 aliphatic carbocycles. The lowest BCUT2D eigenvalue weighted by molar-refractivity contribution is -0.118. The number of amides is 1. The first-order valence-electron chi connectivity index (χ1n) is 6.25. The van der Waals surface area contributed by atoms with E-state index in [-0.39, 0.29) is 11.8 Å². The fourth-order valence-electron chi connectivity index (χ4n) is 2.43. The van der Waals surface area contributed by atoms with E-state index >= 15 is 0 Å². The number of carbonyl (C=O) groups is 1. The highest BCUT2D eigenvalue weighted by Crippen LogP contribution is 2.36. The van der Waals surface area contributed by atoms with E-state index in [1.54, 1.807) is 4.90 Å². The Morgan fingerprint density at radius 2 is 2.12 bits per heavy atom. The van der Waals surface area contributed by atoms with Gasteiger partial charge in [0.25, 0.3) is 0 Å². The fraction of sp³-hybridized carbons (Fsp3) is 0.500. The van der Waals surface area contributed by atoms with Gasteiger partial charge < -0.3 is 10.6 Å². The van der Waals surface area contributed by atoms with Crippen LogP contribution in [0.15, 0.2) is 18.2 Å². The molecule has 1 heterocycles. The summed E-state index contributed by atoms with van der Waals surface area (Å²) >= 11 is 0. The fourth-order valence-corrected chi connectivity index (χ4v) is 2.43. The van der Waals surface area contributed by atoms with Crippen LogP contribution in [0.4, 0.5) is 5.69 Å². The molecule has 0 fully saturated rings. The van der Waals surface area contributed by atoms with Gasteiger partial charge in [0, 0.05) is 12.7 Å². The third kappa shape index (κ3) is 2.20. The van der Waals surface area contributed by atoms with Crippen molar-refractivity contribution in [3.8, 4) is 0 Å². The van der Waals surface area contributed by atoms with Crippen molar-refractivity contribution in [2.45, 2.75) is 32.1 Å². The minimum Gasteiger partial charge on any atom is -0.330 e. The Labute approximate surface area is 103 Å². The SMILES string of the molecule is CC1C(=O)N(C)c2ccc(CCCCN)cc21. The van der Waals surface area contributed by atoms with E-state index in [0.29, 0.717) is 0 Å². The molecule has 1 unspecified atom stereocenters. The quantitative estimate of drug-likeness (QED) is 0.808. The van der Waals surface area contributed by atoms with Crippen LogP contribution in [0.5, 0.6) is 0 Å². The Kier molecular flexibility index (Phi) is 3.48. The van der Waals surface area contributed by atoms with Gasteiger partial charge in [-0.15, -0.1) is 0 Å². The molecule has 92 valence electrons. The molecular weight excluding hydrogens is 212 g/mol. The third-order valence-corrected chi connectivity index (χ3v) is 3.54. The maximum Gasteiger partial charge on any atom is 0.234 e. The number of likely N-dealkylation sites (N-methyl/N-ethyl adjacent to an activating group) is 1. The van der Waals surface area contributed by atoms with Gasteiger partial charge in [-0.25, -0.2) is 0 Å². The highest BCUT2D eigenvalue weighted by Gasteiger charge is 2.31. The van der Waals surface area contributed by atoms with E-state index in [0.717, 1.165) is 31.5 Å². The zero-order valence-corrected chi connectivity index (χ0v) is 10.6. The zero-order chi connectivity index (χ0) is 12.4. The number of hydrogen-bond donors (Lipinski definition) is 1. The standard InChI is InChI=1S/C14H20N2O/c1-10-12-9-11(5-3-4-8-15)6-7-13(12)16(2)14(10)17/h6-7,9-10H,3-5,8,15H2,1-2H3. The van der Waals surface area contributed by atoms with Crippen LogP contribution in [0.25, 0.3) is 0 Å². The molecule has 2 N–H and O–H groups in total. The molecule has 0 bridgehead atoms. The predicted molar refractivity (Wildman–Crippen MR) is 70.3 cm³/mol. The van der Waals surface area contributed by atoms with E-state index in [2.05, 4.69) is 18.2 Å². The summed E-state index contributed by atoms with van der Waals surface area (Å²) in [5, 5.41) is 0. The van der Waals surface area contributed by atoms with Gasteiger partial charge in [0.1, 0.15) is 0 Å². The topological polar surface area (TPSA) is 46.3 Å². The number of fused-ring (bicyclic) bond motifs is 1. The largest absolute Gasteiger partial charge is 0.330 e. The number of benzene rings is 1. The van der Waals surface area contributed by atoms with Crippen molar-refractivity contribution in [2.75, 3.05) is 18.5 Å². The highest BCUT2D eigenvalue weighted by molar-refractivity contribution is 6.04. The average Bonchev–Trinajstić information content (AvgIpc) is 2.55. The van der Waals surface area contributed by atoms with E-state index < -0.39 is 0 Å². The molecule has 0 spiro atoms. The van der Waals surface area contributed by atoms with Gasteiger partial charge in [-0.3, -0.25) is 4.79 Å². The van der Waals surface area contributed by atoms with Crippen LogP contribution in [0.3, 0.4) is 0 Å². The summed E-state index contributed by atoms with van der Waals surface area (Å²) in [5.41, 5.74) is 9.03. The number of nitrogens with two attached hydrogens (primary N) is 1. The lowest BCUT2D eigenvalue weighted by Gasteiger charge is -2.10. The Balaban J connectivity index is 2.18. The molecule has 3 heteroatoms. The molecule has 1 amide bonds. The average molecular weight is 232 g/mol. The summed E-state index contributed by atoms with van der Waals surface area (Å²) in [6.07, 6.45) is 3.23. The number of hydrogen-bond acceptors (Lipinski definition) is 2. The number of rotatable bonds is 4. The van der Waals surface area contributed by atoms with Crippen LogP contribution in [0.2, 0.25) is 0 Å². The van der Waals surface area contributed by atoms with Crippen molar-refractivity contribution in [3.63, 3.8) is 0 Å². The second-order valence-electron chi connectivity index (χ2n) is 4.76. The van der Waals surface area contributed by atoms with E-state index in [4.69, 9.17) is 5.73 Å². The second kappa shape index (κ2) is 4.88. The van der Waals surface area contributed by atoms with Crippen molar-refractivity contribution in [1.82, 2.24) is 0 Å². The molecule has 2 rings (SSSR count). The summed E-state index contributed by atoms with van der Waals surface area (Å²) in [6.45, 7) is 2.73. The summed E-state index contributed by atoms with van der Waals surface area (Å²) < 4.78 is 0. The minimum absolute atomic E-state index is 0.00413. The van der Waals surface area contributed by atoms with Crippen molar-refractivity contribution < 1.29 is 4.79 Å². The lowest BCUT2D eigenvalue weighted by atomic mass is 9.98. The number of unbranched alkanes of at least 4 members (excludes halogenated alkanes) is 1. The van der Waals surface area contributed by atoms with Gasteiger partial charge in [0.05, 0.1) is 5.92 Å². The van der Waals surface area contributed by atoms with Gasteiger partial charge in [-0.1, -0.05) is 12.1 Å². The maximum atomic E-state index is 11.8. The van der Waals surface area contributed by atoms with Crippen molar-refractivity contribution in [2.24, 2.45) is 5.73 Å². The zero-order valence-electron chi connectivity index (χ0n) is 10.6. The summed E-state index contributed by atoms with van der Waals surface area (Å²) in [6, 6.07) is 6.36. The summed E-state index contributed by atoms with van der Waals surface area (Å²) in [5.74, 6) is 0.198. The highest BCUT2D eigenvalue weighted by atomic mass is 16.2. The van der Waals surface area contributed by atoms with Crippen LogP contribution in [-0.4, -0.2) is 19.5 Å². The Morgan fingerprint density at radius 1 is 1.35 bits per heavy atom. The molecule has 1 aliphatic rings. The Bertz CT molecular complexity index is 428. The van der Waals surface area contributed by atoms with E-state index in [1.165, 1.54) is 11.1 Å². The van der Waals surface area contributed by atoms with Crippen LogP contribution < -0.4 is 10.6 Å². The molecule has 1 atom stereocenters. The number of aryl methyl sites for hydroxylation is 1. The summed E-state index contributed by atoms with van der Waals surface area (Å²) in [7, 11) is 1.85. The van der Waals surface area contributed by atoms with Gasteiger partial charge in [-0.05, 0) is 49.9 Å². The molecule has 0 radical (unpaired) electrons. The minimum atomic E-state index is 0.00413. The smallest absolute Gasteiger partial charge is 0.234 e. The molecule has 3 nitrogen and oxygen atoms in total. The molecule has 0 saturated heterocycles. The molecule has 1 aromatic rings. The first kappa shape index (κ1) is 12.1. The van der Waals surface area contributed by atoms with Crippen LogP contribution >= 0.6 is 0 Å². The number of nitrogens with zero attached hydrogens (tertiary/aromatic N) is 1.